The molecule has 1 aromatic carbocycles. The Hall–Kier alpha value is -2.18. The molecule has 28 heavy (non-hydrogen) atoms. The van der Waals surface area contributed by atoms with Crippen LogP contribution < -0.4 is 10.5 Å². The molecular formula is C22H28N4OS. The number of aryl methyl sites for hydroxylation is 3. The van der Waals surface area contributed by atoms with Crippen LogP contribution in [0, 0.1) is 27.7 Å². The summed E-state index contributed by atoms with van der Waals surface area (Å²) in [4.78, 5) is 27.4. The number of nitrogens with zero attached hydrogens (tertiary/aromatic N) is 3. The molecule has 0 amide bonds. The van der Waals surface area contributed by atoms with Crippen molar-refractivity contribution in [3.8, 4) is 0 Å². The summed E-state index contributed by atoms with van der Waals surface area (Å²) in [5.41, 5.74) is 5.08. The maximum absolute atomic E-state index is 12.6. The fraction of sp³-hybridized carbons (Fsp3) is 0.455. The van der Waals surface area contributed by atoms with Crippen LogP contribution >= 0.6 is 11.3 Å². The summed E-state index contributed by atoms with van der Waals surface area (Å²) < 4.78 is 0. The molecule has 148 valence electrons. The lowest BCUT2D eigenvalue weighted by molar-refractivity contribution is 0.191. The Labute approximate surface area is 170 Å². The van der Waals surface area contributed by atoms with Crippen LogP contribution in [0.1, 0.15) is 40.4 Å². The van der Waals surface area contributed by atoms with Gasteiger partial charge in [-0.25, -0.2) is 4.98 Å². The second-order valence-corrected chi connectivity index (χ2v) is 9.04. The van der Waals surface area contributed by atoms with Gasteiger partial charge < -0.3 is 9.88 Å². The van der Waals surface area contributed by atoms with Gasteiger partial charge in [0.25, 0.3) is 5.56 Å². The lowest BCUT2D eigenvalue weighted by atomic mass is 10.1. The molecule has 5 nitrogen and oxygen atoms in total. The summed E-state index contributed by atoms with van der Waals surface area (Å²) in [6.07, 6.45) is 0. The minimum atomic E-state index is -0.0114. The first-order valence-corrected chi connectivity index (χ1v) is 10.7. The van der Waals surface area contributed by atoms with Crippen LogP contribution in [0.25, 0.3) is 10.2 Å². The van der Waals surface area contributed by atoms with E-state index in [0.29, 0.717) is 0 Å². The fourth-order valence-corrected chi connectivity index (χ4v) is 5.11. The highest BCUT2D eigenvalue weighted by atomic mass is 32.1. The quantitative estimate of drug-likeness (QED) is 0.724. The standard InChI is InChI=1S/C22H28N4OS/c1-13-7-6-8-18(14(13)2)26-11-9-25(10-12-26)16(4)20-23-21(27)19-15(3)17(5)28-22(19)24-20/h6-8,16H,9-12H2,1-5H3,(H,23,24,27). The largest absolute Gasteiger partial charge is 0.369 e. The Morgan fingerprint density at radius 2 is 1.79 bits per heavy atom. The van der Waals surface area contributed by atoms with Gasteiger partial charge in [0.05, 0.1) is 11.4 Å². The molecule has 0 aliphatic carbocycles. The van der Waals surface area contributed by atoms with E-state index in [1.54, 1.807) is 11.3 Å². The maximum Gasteiger partial charge on any atom is 0.259 e. The van der Waals surface area contributed by atoms with Gasteiger partial charge in [0.2, 0.25) is 0 Å². The van der Waals surface area contributed by atoms with Gasteiger partial charge >= 0.3 is 0 Å². The van der Waals surface area contributed by atoms with E-state index in [-0.39, 0.29) is 11.6 Å². The van der Waals surface area contributed by atoms with Crippen LogP contribution in [0.2, 0.25) is 0 Å². The summed E-state index contributed by atoms with van der Waals surface area (Å²) in [6, 6.07) is 6.63. The van der Waals surface area contributed by atoms with Gasteiger partial charge in [0, 0.05) is 36.7 Å². The molecule has 4 rings (SSSR count). The number of aromatic amines is 1. The predicted molar refractivity (Wildman–Crippen MR) is 118 cm³/mol. The van der Waals surface area contributed by atoms with Gasteiger partial charge in [-0.1, -0.05) is 12.1 Å². The molecule has 3 aromatic rings. The van der Waals surface area contributed by atoms with Crippen molar-refractivity contribution in [2.45, 2.75) is 40.7 Å². The zero-order valence-electron chi connectivity index (χ0n) is 17.3. The number of hydrogen-bond acceptors (Lipinski definition) is 5. The third kappa shape index (κ3) is 3.25. The van der Waals surface area contributed by atoms with Crippen LogP contribution in [-0.4, -0.2) is 41.0 Å². The number of hydrogen-bond donors (Lipinski definition) is 1. The Kier molecular flexibility index (Phi) is 5.02. The van der Waals surface area contributed by atoms with Crippen molar-refractivity contribution >= 4 is 27.2 Å². The van der Waals surface area contributed by atoms with Crippen molar-refractivity contribution in [1.29, 1.82) is 0 Å². The van der Waals surface area contributed by atoms with Crippen LogP contribution in [0.5, 0.6) is 0 Å². The van der Waals surface area contributed by atoms with Crippen molar-refractivity contribution in [3.05, 3.63) is 55.9 Å². The highest BCUT2D eigenvalue weighted by Gasteiger charge is 2.25. The summed E-state index contributed by atoms with van der Waals surface area (Å²) in [5, 5.41) is 0.748. The number of fused-ring (bicyclic) bond motifs is 1. The molecule has 1 unspecified atom stereocenters. The van der Waals surface area contributed by atoms with Crippen molar-refractivity contribution in [1.82, 2.24) is 14.9 Å². The third-order valence-corrected chi connectivity index (χ3v) is 7.33. The van der Waals surface area contributed by atoms with Crippen molar-refractivity contribution in [2.75, 3.05) is 31.1 Å². The molecule has 6 heteroatoms. The number of H-pyrrole nitrogens is 1. The van der Waals surface area contributed by atoms with Gasteiger partial charge in [0.15, 0.2) is 0 Å². The Bertz CT molecular complexity index is 1080. The van der Waals surface area contributed by atoms with E-state index in [2.05, 4.69) is 60.7 Å². The summed E-state index contributed by atoms with van der Waals surface area (Å²) in [5.74, 6) is 0.777. The van der Waals surface area contributed by atoms with Crippen molar-refractivity contribution < 1.29 is 0 Å². The molecule has 0 bridgehead atoms. The number of nitrogens with one attached hydrogen (secondary N) is 1. The summed E-state index contributed by atoms with van der Waals surface area (Å²) in [6.45, 7) is 14.5. The molecule has 1 aliphatic rings. The second-order valence-electron chi connectivity index (χ2n) is 7.83. The van der Waals surface area contributed by atoms with Gasteiger partial charge in [-0.15, -0.1) is 11.3 Å². The van der Waals surface area contributed by atoms with Gasteiger partial charge in [-0.2, -0.15) is 0 Å². The van der Waals surface area contributed by atoms with Crippen molar-refractivity contribution in [2.24, 2.45) is 0 Å². The van der Waals surface area contributed by atoms with E-state index in [0.717, 1.165) is 47.8 Å². The summed E-state index contributed by atoms with van der Waals surface area (Å²) in [7, 11) is 0. The first-order valence-electron chi connectivity index (χ1n) is 9.92. The maximum atomic E-state index is 12.6. The topological polar surface area (TPSA) is 52.2 Å². The number of benzene rings is 1. The first kappa shape index (κ1) is 19.2. The van der Waals surface area contributed by atoms with E-state index in [1.165, 1.54) is 21.7 Å². The minimum absolute atomic E-state index is 0.0114. The summed E-state index contributed by atoms with van der Waals surface area (Å²) >= 11 is 1.61. The molecule has 2 aromatic heterocycles. The first-order chi connectivity index (χ1) is 13.4. The molecule has 0 radical (unpaired) electrons. The highest BCUT2D eigenvalue weighted by molar-refractivity contribution is 7.18. The smallest absolute Gasteiger partial charge is 0.259 e. The zero-order chi connectivity index (χ0) is 20.0. The molecule has 3 heterocycles. The third-order valence-electron chi connectivity index (χ3n) is 6.23. The predicted octanol–water partition coefficient (Wildman–Crippen LogP) is 4.10. The number of thiophene rings is 1. The second kappa shape index (κ2) is 7.33. The number of anilines is 1. The molecule has 1 fully saturated rings. The lowest BCUT2D eigenvalue weighted by Gasteiger charge is -2.39. The average molecular weight is 397 g/mol. The van der Waals surface area contributed by atoms with E-state index < -0.39 is 0 Å². The highest BCUT2D eigenvalue weighted by Crippen LogP contribution is 2.29. The zero-order valence-corrected chi connectivity index (χ0v) is 18.1. The van der Waals surface area contributed by atoms with E-state index >= 15 is 0 Å². The average Bonchev–Trinajstić information content (AvgIpc) is 2.98. The van der Waals surface area contributed by atoms with Crippen LogP contribution in [0.15, 0.2) is 23.0 Å². The van der Waals surface area contributed by atoms with Gasteiger partial charge in [-0.3, -0.25) is 9.69 Å². The number of piperazine rings is 1. The van der Waals surface area contributed by atoms with E-state index in [4.69, 9.17) is 4.98 Å². The SMILES string of the molecule is Cc1cccc(N2CCN(C(C)c3nc4sc(C)c(C)c4c(=O)[nH]3)CC2)c1C. The molecule has 1 aliphatic heterocycles. The van der Waals surface area contributed by atoms with E-state index in [9.17, 15) is 4.79 Å². The molecule has 1 atom stereocenters. The van der Waals surface area contributed by atoms with Crippen LogP contribution in [0.4, 0.5) is 5.69 Å². The monoisotopic (exact) mass is 396 g/mol. The molecule has 1 saturated heterocycles. The fourth-order valence-electron chi connectivity index (χ4n) is 4.07. The molecule has 0 spiro atoms. The van der Waals surface area contributed by atoms with Crippen LogP contribution in [0.3, 0.4) is 0 Å². The van der Waals surface area contributed by atoms with Gasteiger partial charge in [0.1, 0.15) is 10.7 Å². The molecule has 1 N–H and O–H groups in total. The van der Waals surface area contributed by atoms with E-state index in [1.807, 2.05) is 6.92 Å². The van der Waals surface area contributed by atoms with Crippen LogP contribution in [-0.2, 0) is 0 Å². The number of aromatic nitrogens is 2. The van der Waals surface area contributed by atoms with Gasteiger partial charge in [-0.05, 0) is 57.4 Å². The lowest BCUT2D eigenvalue weighted by Crippen LogP contribution is -2.47. The minimum Gasteiger partial charge on any atom is -0.369 e. The number of rotatable bonds is 3. The molecule has 0 saturated carbocycles. The Balaban J connectivity index is 1.53. The Morgan fingerprint density at radius 3 is 2.50 bits per heavy atom. The molecular weight excluding hydrogens is 368 g/mol. The Morgan fingerprint density at radius 1 is 1.07 bits per heavy atom. The van der Waals surface area contributed by atoms with Crippen molar-refractivity contribution in [3.63, 3.8) is 0 Å². The normalized spacial score (nSPS) is 16.7.